The van der Waals surface area contributed by atoms with Crippen LogP contribution in [0.15, 0.2) is 30.5 Å². The number of hydrogen-bond donors (Lipinski definition) is 1. The van der Waals surface area contributed by atoms with Crippen LogP contribution in [0.5, 0.6) is 11.6 Å². The second kappa shape index (κ2) is 4.37. The summed E-state index contributed by atoms with van der Waals surface area (Å²) in [6.45, 7) is 1.72. The van der Waals surface area contributed by atoms with Crippen molar-refractivity contribution in [2.45, 2.75) is 6.92 Å². The topological polar surface area (TPSA) is 48.1 Å². The van der Waals surface area contributed by atoms with Crippen molar-refractivity contribution in [3.63, 3.8) is 0 Å². The second-order valence-corrected chi connectivity index (χ2v) is 3.57. The quantitative estimate of drug-likeness (QED) is 0.871. The third-order valence-corrected chi connectivity index (χ3v) is 2.15. The molecule has 3 nitrogen and oxygen atoms in total. The Kier molecular flexibility index (Phi) is 2.91. The molecule has 88 valence electrons. The van der Waals surface area contributed by atoms with Gasteiger partial charge in [0, 0.05) is 11.6 Å². The van der Waals surface area contributed by atoms with Crippen molar-refractivity contribution in [2.75, 3.05) is 5.73 Å². The van der Waals surface area contributed by atoms with Crippen LogP contribution in [0.4, 0.5) is 14.5 Å². The number of rotatable bonds is 2. The molecule has 0 saturated carbocycles. The zero-order chi connectivity index (χ0) is 12.4. The summed E-state index contributed by atoms with van der Waals surface area (Å²) < 4.78 is 31.4. The van der Waals surface area contributed by atoms with E-state index < -0.39 is 11.6 Å². The Bertz CT molecular complexity index is 558. The third kappa shape index (κ3) is 2.50. The van der Waals surface area contributed by atoms with E-state index in [9.17, 15) is 8.78 Å². The molecular formula is C12H10F2N2O. The first-order valence-electron chi connectivity index (χ1n) is 4.91. The normalized spacial score (nSPS) is 10.3. The Morgan fingerprint density at radius 1 is 1.24 bits per heavy atom. The third-order valence-electron chi connectivity index (χ3n) is 2.15. The van der Waals surface area contributed by atoms with E-state index in [0.29, 0.717) is 11.3 Å². The predicted molar refractivity (Wildman–Crippen MR) is 59.8 cm³/mol. The SMILES string of the molecule is Cc1cc(N)cnc1Oc1cc(F)ccc1F. The van der Waals surface area contributed by atoms with E-state index in [2.05, 4.69) is 4.98 Å². The lowest BCUT2D eigenvalue weighted by molar-refractivity contribution is 0.420. The first kappa shape index (κ1) is 11.3. The summed E-state index contributed by atoms with van der Waals surface area (Å²) in [6.07, 6.45) is 1.39. The van der Waals surface area contributed by atoms with Crippen LogP contribution in [0.3, 0.4) is 0 Å². The maximum Gasteiger partial charge on any atom is 0.222 e. The summed E-state index contributed by atoms with van der Waals surface area (Å²) in [5, 5.41) is 0. The second-order valence-electron chi connectivity index (χ2n) is 3.57. The zero-order valence-electron chi connectivity index (χ0n) is 9.08. The molecule has 17 heavy (non-hydrogen) atoms. The monoisotopic (exact) mass is 236 g/mol. The van der Waals surface area contributed by atoms with E-state index >= 15 is 0 Å². The van der Waals surface area contributed by atoms with E-state index in [1.165, 1.54) is 6.20 Å². The van der Waals surface area contributed by atoms with Crippen LogP contribution in [-0.4, -0.2) is 4.98 Å². The summed E-state index contributed by atoms with van der Waals surface area (Å²) in [5.41, 5.74) is 6.65. The minimum absolute atomic E-state index is 0.198. The highest BCUT2D eigenvalue weighted by molar-refractivity contribution is 5.43. The molecule has 0 atom stereocenters. The molecule has 0 fully saturated rings. The van der Waals surface area contributed by atoms with Crippen molar-refractivity contribution >= 4 is 5.69 Å². The largest absolute Gasteiger partial charge is 0.436 e. The van der Waals surface area contributed by atoms with Crippen molar-refractivity contribution in [2.24, 2.45) is 0 Å². The summed E-state index contributed by atoms with van der Waals surface area (Å²) in [6, 6.07) is 4.62. The minimum atomic E-state index is -0.649. The fraction of sp³-hybridized carbons (Fsp3) is 0.0833. The van der Waals surface area contributed by atoms with Crippen LogP contribution >= 0.6 is 0 Å². The number of aryl methyl sites for hydroxylation is 1. The molecule has 0 aliphatic heterocycles. The maximum atomic E-state index is 13.3. The standard InChI is InChI=1S/C12H10F2N2O/c1-7-4-9(15)6-16-12(7)17-11-5-8(13)2-3-10(11)14/h2-6H,15H2,1H3. The first-order valence-corrected chi connectivity index (χ1v) is 4.91. The van der Waals surface area contributed by atoms with Gasteiger partial charge in [0.1, 0.15) is 5.82 Å². The number of pyridine rings is 1. The van der Waals surface area contributed by atoms with E-state index in [4.69, 9.17) is 10.5 Å². The van der Waals surface area contributed by atoms with Gasteiger partial charge in [-0.3, -0.25) is 0 Å². The molecule has 0 bridgehead atoms. The number of anilines is 1. The number of nitrogens with zero attached hydrogens (tertiary/aromatic N) is 1. The van der Waals surface area contributed by atoms with Gasteiger partial charge < -0.3 is 10.5 Å². The average Bonchev–Trinajstić information content (AvgIpc) is 2.27. The molecule has 5 heteroatoms. The van der Waals surface area contributed by atoms with E-state index in [1.54, 1.807) is 13.0 Å². The summed E-state index contributed by atoms with van der Waals surface area (Å²) in [7, 11) is 0. The number of halogens is 2. The highest BCUT2D eigenvalue weighted by Gasteiger charge is 2.09. The molecule has 2 aromatic rings. The summed E-state index contributed by atoms with van der Waals surface area (Å²) in [4.78, 5) is 3.91. The number of benzene rings is 1. The molecule has 0 aliphatic carbocycles. The van der Waals surface area contributed by atoms with Gasteiger partial charge in [0.05, 0.1) is 11.9 Å². The van der Waals surface area contributed by atoms with Gasteiger partial charge in [-0.2, -0.15) is 0 Å². The molecule has 1 aromatic heterocycles. The van der Waals surface area contributed by atoms with Crippen LogP contribution in [-0.2, 0) is 0 Å². The number of ether oxygens (including phenoxy) is 1. The Morgan fingerprint density at radius 2 is 2.00 bits per heavy atom. The Balaban J connectivity index is 2.34. The molecule has 1 heterocycles. The highest BCUT2D eigenvalue weighted by Crippen LogP contribution is 2.26. The molecule has 0 amide bonds. The van der Waals surface area contributed by atoms with Crippen molar-refractivity contribution < 1.29 is 13.5 Å². The van der Waals surface area contributed by atoms with Crippen molar-refractivity contribution in [1.29, 1.82) is 0 Å². The number of hydrogen-bond acceptors (Lipinski definition) is 3. The fourth-order valence-corrected chi connectivity index (χ4v) is 1.35. The van der Waals surface area contributed by atoms with E-state index in [1.807, 2.05) is 0 Å². The van der Waals surface area contributed by atoms with Gasteiger partial charge in [-0.25, -0.2) is 13.8 Å². The highest BCUT2D eigenvalue weighted by atomic mass is 19.1. The van der Waals surface area contributed by atoms with E-state index in [0.717, 1.165) is 18.2 Å². The van der Waals surface area contributed by atoms with Crippen LogP contribution in [0, 0.1) is 18.6 Å². The van der Waals surface area contributed by atoms with Crippen molar-refractivity contribution in [3.8, 4) is 11.6 Å². The summed E-state index contributed by atoms with van der Waals surface area (Å²) >= 11 is 0. The Morgan fingerprint density at radius 3 is 2.71 bits per heavy atom. The van der Waals surface area contributed by atoms with Gasteiger partial charge in [-0.15, -0.1) is 0 Å². The van der Waals surface area contributed by atoms with Crippen LogP contribution in [0.25, 0.3) is 0 Å². The fourth-order valence-electron chi connectivity index (χ4n) is 1.35. The molecule has 1 aromatic carbocycles. The van der Waals surface area contributed by atoms with Gasteiger partial charge >= 0.3 is 0 Å². The van der Waals surface area contributed by atoms with Gasteiger partial charge in [0.15, 0.2) is 11.6 Å². The lowest BCUT2D eigenvalue weighted by atomic mass is 10.3. The Labute approximate surface area is 96.9 Å². The molecule has 0 spiro atoms. The first-order chi connectivity index (χ1) is 8.06. The van der Waals surface area contributed by atoms with Crippen molar-refractivity contribution in [1.82, 2.24) is 4.98 Å². The number of nitrogen functional groups attached to an aromatic ring is 1. The Hall–Kier alpha value is -2.17. The molecular weight excluding hydrogens is 226 g/mol. The summed E-state index contributed by atoms with van der Waals surface area (Å²) in [5.74, 6) is -1.23. The van der Waals surface area contributed by atoms with E-state index in [-0.39, 0.29) is 11.6 Å². The average molecular weight is 236 g/mol. The maximum absolute atomic E-state index is 13.3. The van der Waals surface area contributed by atoms with Gasteiger partial charge in [0.2, 0.25) is 5.88 Å². The van der Waals surface area contributed by atoms with Gasteiger partial charge in [-0.05, 0) is 25.1 Å². The minimum Gasteiger partial charge on any atom is -0.436 e. The molecule has 2 rings (SSSR count). The number of aromatic nitrogens is 1. The lowest BCUT2D eigenvalue weighted by Gasteiger charge is -2.08. The van der Waals surface area contributed by atoms with Crippen LogP contribution in [0.1, 0.15) is 5.56 Å². The lowest BCUT2D eigenvalue weighted by Crippen LogP contribution is -1.96. The van der Waals surface area contributed by atoms with Gasteiger partial charge in [-0.1, -0.05) is 0 Å². The molecule has 0 aliphatic rings. The van der Waals surface area contributed by atoms with Crippen LogP contribution in [0.2, 0.25) is 0 Å². The molecule has 0 radical (unpaired) electrons. The van der Waals surface area contributed by atoms with Crippen LogP contribution < -0.4 is 10.5 Å². The van der Waals surface area contributed by atoms with Gasteiger partial charge in [0.25, 0.3) is 0 Å². The molecule has 0 saturated heterocycles. The molecule has 2 N–H and O–H groups in total. The zero-order valence-corrected chi connectivity index (χ0v) is 9.08. The smallest absolute Gasteiger partial charge is 0.222 e. The van der Waals surface area contributed by atoms with Crippen molar-refractivity contribution in [3.05, 3.63) is 47.7 Å². The predicted octanol–water partition coefficient (Wildman–Crippen LogP) is 3.04. The number of nitrogens with two attached hydrogens (primary N) is 1. The molecule has 0 unspecified atom stereocenters.